The molecule has 0 N–H and O–H groups in total. The van der Waals surface area contributed by atoms with Crippen LogP contribution >= 0.6 is 7.26 Å². The summed E-state index contributed by atoms with van der Waals surface area (Å²) in [4.78, 5) is 28.4. The van der Waals surface area contributed by atoms with E-state index < -0.39 is 7.26 Å². The summed E-state index contributed by atoms with van der Waals surface area (Å²) in [5.41, 5.74) is 1.24. The summed E-state index contributed by atoms with van der Waals surface area (Å²) >= 11 is 0. The summed E-state index contributed by atoms with van der Waals surface area (Å²) in [5.74, 6) is 0.468. The standard InChI is InChI=1S/C38H27NO3P/c40-37-35-26-23-30(42-29-13-5-1-6-14-29)27-36(35)38(41)39(37)28-21-24-34(25-22-28)43(31-15-7-2-8-16-31,32-17-9-3-10-18-32)33-19-11-4-12-20-33/h1-27H/q+1. The number of anilines is 1. The third kappa shape index (κ3) is 4.63. The zero-order valence-electron chi connectivity index (χ0n) is 23.2. The number of hydrogen-bond acceptors (Lipinski definition) is 3. The molecule has 0 radical (unpaired) electrons. The Balaban J connectivity index is 1.29. The lowest BCUT2D eigenvalue weighted by Gasteiger charge is -2.28. The number of imide groups is 1. The van der Waals surface area contributed by atoms with Gasteiger partial charge in [-0.2, -0.15) is 0 Å². The topological polar surface area (TPSA) is 46.6 Å². The molecule has 6 aromatic carbocycles. The molecule has 0 aliphatic carbocycles. The number of hydrogen-bond donors (Lipinski definition) is 0. The Kier molecular flexibility index (Phi) is 6.90. The van der Waals surface area contributed by atoms with Gasteiger partial charge in [-0.15, -0.1) is 0 Å². The molecule has 43 heavy (non-hydrogen) atoms. The molecule has 2 amide bonds. The number of fused-ring (bicyclic) bond motifs is 1. The first-order valence-corrected chi connectivity index (χ1v) is 15.9. The predicted octanol–water partition coefficient (Wildman–Crippen LogP) is 6.90. The highest BCUT2D eigenvalue weighted by molar-refractivity contribution is 8.01. The molecule has 7 rings (SSSR count). The van der Waals surface area contributed by atoms with Crippen molar-refractivity contribution in [3.05, 3.63) is 175 Å². The molecule has 0 saturated heterocycles. The van der Waals surface area contributed by atoms with Crippen molar-refractivity contribution in [3.8, 4) is 11.5 Å². The molecule has 0 spiro atoms. The van der Waals surface area contributed by atoms with Crippen LogP contribution in [0.2, 0.25) is 0 Å². The van der Waals surface area contributed by atoms with E-state index in [0.717, 1.165) is 5.30 Å². The molecule has 5 heteroatoms. The van der Waals surface area contributed by atoms with Crippen molar-refractivity contribution in [1.82, 2.24) is 0 Å². The number of benzene rings is 6. The second kappa shape index (κ2) is 11.2. The van der Waals surface area contributed by atoms with Gasteiger partial charge in [0.25, 0.3) is 11.8 Å². The van der Waals surface area contributed by atoms with Crippen molar-refractivity contribution in [2.75, 3.05) is 4.90 Å². The third-order valence-electron chi connectivity index (χ3n) is 7.76. The Hall–Kier alpha value is -5.31. The maximum atomic E-state index is 13.6. The fourth-order valence-corrected chi connectivity index (χ4v) is 10.1. The number of rotatable bonds is 7. The van der Waals surface area contributed by atoms with Crippen LogP contribution in [0.1, 0.15) is 20.7 Å². The van der Waals surface area contributed by atoms with Crippen LogP contribution in [0, 0.1) is 0 Å². The SMILES string of the molecule is O=C1c2ccc(Oc3ccccc3)cc2C(=O)N1c1ccc([P+](c2ccccc2)(c2ccccc2)c2ccccc2)cc1. The van der Waals surface area contributed by atoms with Crippen LogP contribution in [-0.2, 0) is 0 Å². The van der Waals surface area contributed by atoms with E-state index in [1.54, 1.807) is 18.2 Å². The quantitative estimate of drug-likeness (QED) is 0.154. The van der Waals surface area contributed by atoms with E-state index in [2.05, 4.69) is 84.9 Å². The summed E-state index contributed by atoms with van der Waals surface area (Å²) in [7, 11) is -2.29. The minimum absolute atomic E-state index is 0.335. The molecule has 206 valence electrons. The molecule has 0 saturated carbocycles. The molecule has 4 nitrogen and oxygen atoms in total. The zero-order chi connectivity index (χ0) is 29.2. The van der Waals surface area contributed by atoms with E-state index in [9.17, 15) is 9.59 Å². The molecule has 0 bridgehead atoms. The Labute approximate surface area is 251 Å². The van der Waals surface area contributed by atoms with Gasteiger partial charge >= 0.3 is 0 Å². The first-order chi connectivity index (χ1) is 21.2. The Bertz CT molecular complexity index is 1810. The van der Waals surface area contributed by atoms with E-state index in [4.69, 9.17) is 4.74 Å². The van der Waals surface area contributed by atoms with Gasteiger partial charge in [-0.05, 0) is 91.0 Å². The van der Waals surface area contributed by atoms with E-state index in [-0.39, 0.29) is 11.8 Å². The van der Waals surface area contributed by atoms with Crippen LogP contribution in [-0.4, -0.2) is 11.8 Å². The van der Waals surface area contributed by atoms with Gasteiger partial charge < -0.3 is 4.74 Å². The molecule has 0 fully saturated rings. The highest BCUT2D eigenvalue weighted by atomic mass is 31.2. The second-order valence-electron chi connectivity index (χ2n) is 10.3. The zero-order valence-corrected chi connectivity index (χ0v) is 24.1. The summed E-state index contributed by atoms with van der Waals surface area (Å²) in [6.45, 7) is 0. The van der Waals surface area contributed by atoms with Crippen LogP contribution in [0.15, 0.2) is 164 Å². The van der Waals surface area contributed by atoms with Crippen LogP contribution in [0.4, 0.5) is 5.69 Å². The summed E-state index contributed by atoms with van der Waals surface area (Å²) < 4.78 is 5.93. The van der Waals surface area contributed by atoms with Crippen LogP contribution < -0.4 is 30.9 Å². The second-order valence-corrected chi connectivity index (χ2v) is 13.7. The first kappa shape index (κ1) is 26.6. The van der Waals surface area contributed by atoms with Gasteiger partial charge in [-0.25, -0.2) is 4.90 Å². The number of amides is 2. The van der Waals surface area contributed by atoms with Crippen LogP contribution in [0.25, 0.3) is 0 Å². The predicted molar refractivity (Wildman–Crippen MR) is 175 cm³/mol. The molecule has 6 aromatic rings. The van der Waals surface area contributed by atoms with Gasteiger partial charge in [-0.1, -0.05) is 72.8 Å². The lowest BCUT2D eigenvalue weighted by atomic mass is 10.1. The minimum Gasteiger partial charge on any atom is -0.457 e. The van der Waals surface area contributed by atoms with Gasteiger partial charge in [0.05, 0.1) is 16.8 Å². The van der Waals surface area contributed by atoms with Crippen molar-refractivity contribution in [1.29, 1.82) is 0 Å². The number of nitrogens with zero attached hydrogens (tertiary/aromatic N) is 1. The molecular formula is C38H27NO3P+. The number of carbonyl (C=O) groups excluding carboxylic acids is 2. The largest absolute Gasteiger partial charge is 0.457 e. The average Bonchev–Trinajstić information content (AvgIpc) is 3.32. The molecule has 0 unspecified atom stereocenters. The fourth-order valence-electron chi connectivity index (χ4n) is 5.82. The van der Waals surface area contributed by atoms with Gasteiger partial charge in [-0.3, -0.25) is 9.59 Å². The molecule has 0 atom stereocenters. The molecule has 1 aliphatic rings. The first-order valence-electron chi connectivity index (χ1n) is 14.1. The fraction of sp³-hybridized carbons (Fsp3) is 0. The highest BCUT2D eigenvalue weighted by Gasteiger charge is 2.48. The molecule has 0 aromatic heterocycles. The van der Waals surface area contributed by atoms with Crippen molar-refractivity contribution in [2.45, 2.75) is 0 Å². The van der Waals surface area contributed by atoms with Crippen LogP contribution in [0.5, 0.6) is 11.5 Å². The third-order valence-corrected chi connectivity index (χ3v) is 12.1. The highest BCUT2D eigenvalue weighted by Crippen LogP contribution is 2.54. The van der Waals surface area contributed by atoms with Crippen molar-refractivity contribution < 1.29 is 14.3 Å². The minimum atomic E-state index is -2.29. The maximum absolute atomic E-state index is 13.6. The normalized spacial score (nSPS) is 12.7. The Morgan fingerprint density at radius 1 is 0.419 bits per heavy atom. The van der Waals surface area contributed by atoms with Gasteiger partial charge in [0.1, 0.15) is 40.0 Å². The van der Waals surface area contributed by atoms with Crippen molar-refractivity contribution >= 4 is 46.0 Å². The van der Waals surface area contributed by atoms with E-state index in [0.29, 0.717) is 28.3 Å². The van der Waals surface area contributed by atoms with E-state index >= 15 is 0 Å². The van der Waals surface area contributed by atoms with Gasteiger partial charge in [0, 0.05) is 0 Å². The van der Waals surface area contributed by atoms with E-state index in [1.807, 2.05) is 60.7 Å². The van der Waals surface area contributed by atoms with Gasteiger partial charge in [0.2, 0.25) is 0 Å². The number of carbonyl (C=O) groups is 2. The summed E-state index contributed by atoms with van der Waals surface area (Å²) in [5, 5.41) is 4.82. The maximum Gasteiger partial charge on any atom is 0.266 e. The van der Waals surface area contributed by atoms with Crippen molar-refractivity contribution in [3.63, 3.8) is 0 Å². The molecular weight excluding hydrogens is 549 g/mol. The Morgan fingerprint density at radius 3 is 1.37 bits per heavy atom. The Morgan fingerprint density at radius 2 is 0.860 bits per heavy atom. The number of ether oxygens (including phenoxy) is 1. The van der Waals surface area contributed by atoms with E-state index in [1.165, 1.54) is 20.8 Å². The lowest BCUT2D eigenvalue weighted by Crippen LogP contribution is -2.38. The monoisotopic (exact) mass is 576 g/mol. The van der Waals surface area contributed by atoms with Crippen molar-refractivity contribution in [2.24, 2.45) is 0 Å². The lowest BCUT2D eigenvalue weighted by molar-refractivity contribution is 0.0926. The summed E-state index contributed by atoms with van der Waals surface area (Å²) in [6.07, 6.45) is 0. The molecule has 1 aliphatic heterocycles. The van der Waals surface area contributed by atoms with Crippen LogP contribution in [0.3, 0.4) is 0 Å². The smallest absolute Gasteiger partial charge is 0.266 e. The summed E-state index contributed by atoms with van der Waals surface area (Å²) in [6, 6.07) is 54.1. The average molecular weight is 577 g/mol. The van der Waals surface area contributed by atoms with Gasteiger partial charge in [0.15, 0.2) is 0 Å². The number of para-hydroxylation sites is 1. The molecule has 1 heterocycles.